The highest BCUT2D eigenvalue weighted by atomic mass is 14.1. The standard InChI is InChI=1S/C26H30/c1-2-3-4-5-6-8-16-23-17-11-12-20-26(23)25-19-13-18-24(21-25)22-14-9-7-10-15-22/h7,9-15,17-21H,2-6,8,16H2,1H3. The Hall–Kier alpha value is -2.34. The van der Waals surface area contributed by atoms with Gasteiger partial charge in [-0.2, -0.15) is 0 Å². The molecular weight excluding hydrogens is 312 g/mol. The van der Waals surface area contributed by atoms with Gasteiger partial charge in [-0.25, -0.2) is 0 Å². The molecule has 0 nitrogen and oxygen atoms in total. The van der Waals surface area contributed by atoms with Crippen molar-refractivity contribution >= 4 is 0 Å². The van der Waals surface area contributed by atoms with Crippen molar-refractivity contribution in [2.75, 3.05) is 0 Å². The zero-order chi connectivity index (χ0) is 18.0. The molecule has 26 heavy (non-hydrogen) atoms. The summed E-state index contributed by atoms with van der Waals surface area (Å²) < 4.78 is 0. The van der Waals surface area contributed by atoms with Crippen LogP contribution in [0.2, 0.25) is 0 Å². The van der Waals surface area contributed by atoms with Gasteiger partial charge in [0.25, 0.3) is 0 Å². The lowest BCUT2D eigenvalue weighted by Crippen LogP contribution is -1.91. The van der Waals surface area contributed by atoms with Gasteiger partial charge < -0.3 is 0 Å². The van der Waals surface area contributed by atoms with Gasteiger partial charge >= 0.3 is 0 Å². The maximum absolute atomic E-state index is 2.33. The lowest BCUT2D eigenvalue weighted by Gasteiger charge is -2.11. The van der Waals surface area contributed by atoms with Gasteiger partial charge in [0, 0.05) is 0 Å². The summed E-state index contributed by atoms with van der Waals surface area (Å²) in [6.45, 7) is 2.28. The van der Waals surface area contributed by atoms with Crippen LogP contribution in [-0.2, 0) is 6.42 Å². The van der Waals surface area contributed by atoms with E-state index in [-0.39, 0.29) is 0 Å². The van der Waals surface area contributed by atoms with E-state index in [9.17, 15) is 0 Å². The molecule has 3 aromatic rings. The smallest absolute Gasteiger partial charge is 0.0152 e. The highest BCUT2D eigenvalue weighted by Crippen LogP contribution is 2.29. The fourth-order valence-corrected chi connectivity index (χ4v) is 3.61. The van der Waals surface area contributed by atoms with E-state index in [0.29, 0.717) is 0 Å². The van der Waals surface area contributed by atoms with Crippen LogP contribution in [0, 0.1) is 0 Å². The summed E-state index contributed by atoms with van der Waals surface area (Å²) >= 11 is 0. The molecule has 0 aliphatic rings. The van der Waals surface area contributed by atoms with E-state index in [1.807, 2.05) is 0 Å². The zero-order valence-electron chi connectivity index (χ0n) is 16.0. The Morgan fingerprint density at radius 3 is 2.04 bits per heavy atom. The van der Waals surface area contributed by atoms with Gasteiger partial charge in [0.1, 0.15) is 0 Å². The second-order valence-corrected chi connectivity index (χ2v) is 7.12. The molecular formula is C26H30. The van der Waals surface area contributed by atoms with E-state index in [2.05, 4.69) is 85.8 Å². The minimum atomic E-state index is 1.18. The van der Waals surface area contributed by atoms with Crippen molar-refractivity contribution in [1.82, 2.24) is 0 Å². The Bertz CT molecular complexity index is 786. The summed E-state index contributed by atoms with van der Waals surface area (Å²) in [6, 6.07) is 28.5. The third kappa shape index (κ3) is 5.08. The van der Waals surface area contributed by atoms with Crippen molar-refractivity contribution in [3.05, 3.63) is 84.4 Å². The molecule has 0 saturated heterocycles. The summed E-state index contributed by atoms with van der Waals surface area (Å²) in [5.74, 6) is 0. The Labute approximate surface area is 158 Å². The van der Waals surface area contributed by atoms with Crippen LogP contribution < -0.4 is 0 Å². The lowest BCUT2D eigenvalue weighted by atomic mass is 9.93. The number of benzene rings is 3. The summed E-state index contributed by atoms with van der Waals surface area (Å²) in [5, 5.41) is 0. The number of aryl methyl sites for hydroxylation is 1. The second-order valence-electron chi connectivity index (χ2n) is 7.12. The molecule has 0 N–H and O–H groups in total. The van der Waals surface area contributed by atoms with Crippen LogP contribution in [0.3, 0.4) is 0 Å². The normalized spacial score (nSPS) is 10.8. The zero-order valence-corrected chi connectivity index (χ0v) is 16.0. The minimum Gasteiger partial charge on any atom is -0.0654 e. The van der Waals surface area contributed by atoms with Crippen molar-refractivity contribution in [3.8, 4) is 22.3 Å². The average Bonchev–Trinajstić information content (AvgIpc) is 2.72. The molecule has 0 aliphatic heterocycles. The third-order valence-corrected chi connectivity index (χ3v) is 5.10. The first-order chi connectivity index (χ1) is 12.9. The predicted molar refractivity (Wildman–Crippen MR) is 114 cm³/mol. The molecule has 0 aliphatic carbocycles. The fourth-order valence-electron chi connectivity index (χ4n) is 3.61. The van der Waals surface area contributed by atoms with E-state index < -0.39 is 0 Å². The first-order valence-corrected chi connectivity index (χ1v) is 10.1. The lowest BCUT2D eigenvalue weighted by molar-refractivity contribution is 0.608. The van der Waals surface area contributed by atoms with Gasteiger partial charge in [0.15, 0.2) is 0 Å². The first kappa shape index (κ1) is 18.5. The molecule has 0 heterocycles. The van der Waals surface area contributed by atoms with Crippen molar-refractivity contribution in [2.24, 2.45) is 0 Å². The SMILES string of the molecule is CCCCCCCCc1ccccc1-c1cccc(-c2ccccc2)c1. The third-order valence-electron chi connectivity index (χ3n) is 5.10. The van der Waals surface area contributed by atoms with Crippen LogP contribution in [0.15, 0.2) is 78.9 Å². The van der Waals surface area contributed by atoms with Crippen molar-refractivity contribution in [2.45, 2.75) is 51.9 Å². The fraction of sp³-hybridized carbons (Fsp3) is 0.308. The van der Waals surface area contributed by atoms with Gasteiger partial charge in [-0.1, -0.05) is 112 Å². The molecule has 0 bridgehead atoms. The van der Waals surface area contributed by atoms with Crippen LogP contribution in [0.4, 0.5) is 0 Å². The quantitative estimate of drug-likeness (QED) is 0.346. The average molecular weight is 343 g/mol. The molecule has 0 spiro atoms. The largest absolute Gasteiger partial charge is 0.0654 e. The van der Waals surface area contributed by atoms with Crippen molar-refractivity contribution in [1.29, 1.82) is 0 Å². The van der Waals surface area contributed by atoms with E-state index in [0.717, 1.165) is 0 Å². The van der Waals surface area contributed by atoms with Gasteiger partial charge in [-0.05, 0) is 46.7 Å². The molecule has 0 saturated carbocycles. The van der Waals surface area contributed by atoms with Gasteiger partial charge in [-0.15, -0.1) is 0 Å². The Morgan fingerprint density at radius 1 is 0.538 bits per heavy atom. The highest BCUT2D eigenvalue weighted by Gasteiger charge is 2.06. The van der Waals surface area contributed by atoms with E-state index in [4.69, 9.17) is 0 Å². The van der Waals surface area contributed by atoms with Crippen LogP contribution >= 0.6 is 0 Å². The molecule has 0 unspecified atom stereocenters. The molecule has 0 aromatic heterocycles. The Morgan fingerprint density at radius 2 is 1.19 bits per heavy atom. The Kier molecular flexibility index (Phi) is 7.07. The molecule has 0 heteroatoms. The topological polar surface area (TPSA) is 0 Å². The molecule has 134 valence electrons. The van der Waals surface area contributed by atoms with Crippen LogP contribution in [-0.4, -0.2) is 0 Å². The summed E-state index contributed by atoms with van der Waals surface area (Å²) in [6.07, 6.45) is 9.27. The van der Waals surface area contributed by atoms with Gasteiger partial charge in [-0.3, -0.25) is 0 Å². The van der Waals surface area contributed by atoms with Crippen LogP contribution in [0.1, 0.15) is 51.0 Å². The predicted octanol–water partition coefficient (Wildman–Crippen LogP) is 7.92. The number of unbranched alkanes of at least 4 members (excludes halogenated alkanes) is 5. The molecule has 0 fully saturated rings. The number of hydrogen-bond acceptors (Lipinski definition) is 0. The maximum Gasteiger partial charge on any atom is -0.0152 e. The van der Waals surface area contributed by atoms with E-state index >= 15 is 0 Å². The summed E-state index contributed by atoms with van der Waals surface area (Å²) in [5.41, 5.74) is 6.76. The van der Waals surface area contributed by atoms with Crippen molar-refractivity contribution in [3.63, 3.8) is 0 Å². The number of hydrogen-bond donors (Lipinski definition) is 0. The van der Waals surface area contributed by atoms with Crippen LogP contribution in [0.5, 0.6) is 0 Å². The second kappa shape index (κ2) is 9.97. The highest BCUT2D eigenvalue weighted by molar-refractivity contribution is 5.74. The minimum absolute atomic E-state index is 1.18. The van der Waals surface area contributed by atoms with Crippen LogP contribution in [0.25, 0.3) is 22.3 Å². The molecule has 0 atom stereocenters. The summed E-state index contributed by atoms with van der Waals surface area (Å²) in [7, 11) is 0. The first-order valence-electron chi connectivity index (χ1n) is 10.1. The van der Waals surface area contributed by atoms with Gasteiger partial charge in [0.2, 0.25) is 0 Å². The monoisotopic (exact) mass is 342 g/mol. The Balaban J connectivity index is 1.73. The molecule has 0 amide bonds. The molecule has 3 rings (SSSR count). The number of rotatable bonds is 9. The molecule has 3 aromatic carbocycles. The molecule has 0 radical (unpaired) electrons. The summed E-state index contributed by atoms with van der Waals surface area (Å²) in [4.78, 5) is 0. The van der Waals surface area contributed by atoms with E-state index in [1.165, 1.54) is 72.8 Å². The van der Waals surface area contributed by atoms with Crippen molar-refractivity contribution < 1.29 is 0 Å². The van der Waals surface area contributed by atoms with E-state index in [1.54, 1.807) is 0 Å². The maximum atomic E-state index is 2.33. The van der Waals surface area contributed by atoms with Gasteiger partial charge in [0.05, 0.1) is 0 Å².